The van der Waals surface area contributed by atoms with Crippen molar-refractivity contribution in [3.63, 3.8) is 0 Å². The van der Waals surface area contributed by atoms with Crippen LogP contribution >= 0.6 is 0 Å². The van der Waals surface area contributed by atoms with Gasteiger partial charge in [-0.2, -0.15) is 0 Å². The molecule has 20 heavy (non-hydrogen) atoms. The molecule has 1 fully saturated rings. The molecular weight excluding hydrogens is 256 g/mol. The molecule has 5 heteroatoms. The van der Waals surface area contributed by atoms with Crippen LogP contribution in [0.1, 0.15) is 28.8 Å². The van der Waals surface area contributed by atoms with Gasteiger partial charge >= 0.3 is 5.63 Å². The Kier molecular flexibility index (Phi) is 3.06. The highest BCUT2D eigenvalue weighted by Crippen LogP contribution is 2.23. The van der Waals surface area contributed by atoms with Gasteiger partial charge in [-0.3, -0.25) is 4.79 Å². The third-order valence-corrected chi connectivity index (χ3v) is 3.81. The van der Waals surface area contributed by atoms with Crippen LogP contribution in [0.3, 0.4) is 0 Å². The van der Waals surface area contributed by atoms with E-state index in [9.17, 15) is 9.59 Å². The topological polar surface area (TPSA) is 85.3 Å². The van der Waals surface area contributed by atoms with Crippen molar-refractivity contribution in [2.75, 3.05) is 12.3 Å². The Labute approximate surface area is 115 Å². The Bertz CT molecular complexity index is 743. The Morgan fingerprint density at radius 3 is 2.95 bits per heavy atom. The van der Waals surface area contributed by atoms with Crippen molar-refractivity contribution in [2.45, 2.75) is 25.8 Å². The molecule has 3 rings (SSSR count). The van der Waals surface area contributed by atoms with Crippen LogP contribution in [0.5, 0.6) is 0 Å². The van der Waals surface area contributed by atoms with E-state index in [1.807, 2.05) is 0 Å². The molecular formula is C15H16N2O3. The van der Waals surface area contributed by atoms with Crippen LogP contribution in [0.15, 0.2) is 27.4 Å². The molecule has 0 bridgehead atoms. The van der Waals surface area contributed by atoms with E-state index in [0.717, 1.165) is 24.8 Å². The number of ketones is 1. The second kappa shape index (κ2) is 4.76. The predicted octanol–water partition coefficient (Wildman–Crippen LogP) is 1.62. The first-order valence-electron chi connectivity index (χ1n) is 6.68. The number of carbonyl (C=O) groups excluding carboxylic acids is 1. The van der Waals surface area contributed by atoms with Gasteiger partial charge in [0.05, 0.1) is 6.04 Å². The summed E-state index contributed by atoms with van der Waals surface area (Å²) in [6.07, 6.45) is 1.71. The lowest BCUT2D eigenvalue weighted by atomic mass is 9.98. The summed E-state index contributed by atoms with van der Waals surface area (Å²) in [5.74, 6) is -0.174. The summed E-state index contributed by atoms with van der Waals surface area (Å²) in [5, 5.41) is 3.87. The fourth-order valence-corrected chi connectivity index (χ4v) is 2.74. The van der Waals surface area contributed by atoms with Crippen molar-refractivity contribution >= 4 is 22.4 Å². The maximum absolute atomic E-state index is 12.5. The normalized spacial score (nSPS) is 18.6. The van der Waals surface area contributed by atoms with Crippen molar-refractivity contribution in [3.05, 3.63) is 39.7 Å². The fourth-order valence-electron chi connectivity index (χ4n) is 2.74. The first kappa shape index (κ1) is 12.9. The third-order valence-electron chi connectivity index (χ3n) is 3.81. The van der Waals surface area contributed by atoms with Crippen LogP contribution < -0.4 is 16.7 Å². The van der Waals surface area contributed by atoms with E-state index in [1.54, 1.807) is 25.1 Å². The third kappa shape index (κ3) is 2.00. The van der Waals surface area contributed by atoms with Crippen LogP contribution in [-0.2, 0) is 0 Å². The van der Waals surface area contributed by atoms with E-state index in [2.05, 4.69) is 5.32 Å². The van der Waals surface area contributed by atoms with Crippen LogP contribution in [-0.4, -0.2) is 18.4 Å². The lowest BCUT2D eigenvalue weighted by Gasteiger charge is -2.11. The van der Waals surface area contributed by atoms with Crippen molar-refractivity contribution in [2.24, 2.45) is 0 Å². The largest absolute Gasteiger partial charge is 0.422 e. The molecule has 1 saturated heterocycles. The van der Waals surface area contributed by atoms with Gasteiger partial charge in [0, 0.05) is 17.1 Å². The number of aryl methyl sites for hydroxylation is 1. The Hall–Kier alpha value is -2.14. The molecule has 1 atom stereocenters. The molecule has 1 aromatic heterocycles. The summed E-state index contributed by atoms with van der Waals surface area (Å²) in [5.41, 5.74) is 6.86. The van der Waals surface area contributed by atoms with Crippen molar-refractivity contribution in [3.8, 4) is 0 Å². The number of hydrogen-bond donors (Lipinski definition) is 2. The first-order valence-corrected chi connectivity index (χ1v) is 6.68. The van der Waals surface area contributed by atoms with Gasteiger partial charge in [0.1, 0.15) is 11.1 Å². The lowest BCUT2D eigenvalue weighted by Crippen LogP contribution is -2.34. The van der Waals surface area contributed by atoms with E-state index >= 15 is 0 Å². The number of benzene rings is 1. The van der Waals surface area contributed by atoms with Gasteiger partial charge in [0.25, 0.3) is 0 Å². The summed E-state index contributed by atoms with van der Waals surface area (Å²) in [6.45, 7) is 2.59. The van der Waals surface area contributed by atoms with Gasteiger partial charge in [0.15, 0.2) is 5.78 Å². The number of hydrogen-bond acceptors (Lipinski definition) is 5. The second-order valence-corrected chi connectivity index (χ2v) is 5.16. The second-order valence-electron chi connectivity index (χ2n) is 5.16. The average molecular weight is 272 g/mol. The number of nitrogen functional groups attached to an aromatic ring is 1. The van der Waals surface area contributed by atoms with Crippen LogP contribution in [0.4, 0.5) is 5.69 Å². The molecule has 0 saturated carbocycles. The van der Waals surface area contributed by atoms with Gasteiger partial charge in [-0.15, -0.1) is 0 Å². The zero-order valence-corrected chi connectivity index (χ0v) is 11.2. The molecule has 1 aliphatic rings. The first-order chi connectivity index (χ1) is 9.58. The van der Waals surface area contributed by atoms with Crippen LogP contribution in [0.2, 0.25) is 0 Å². The Morgan fingerprint density at radius 1 is 1.45 bits per heavy atom. The zero-order chi connectivity index (χ0) is 14.3. The van der Waals surface area contributed by atoms with Crippen LogP contribution in [0, 0.1) is 6.92 Å². The molecule has 0 aliphatic carbocycles. The van der Waals surface area contributed by atoms with Crippen molar-refractivity contribution in [1.29, 1.82) is 0 Å². The minimum Gasteiger partial charge on any atom is -0.422 e. The molecule has 1 unspecified atom stereocenters. The summed E-state index contributed by atoms with van der Waals surface area (Å²) in [7, 11) is 0. The van der Waals surface area contributed by atoms with E-state index < -0.39 is 5.63 Å². The summed E-state index contributed by atoms with van der Waals surface area (Å²) < 4.78 is 5.25. The van der Waals surface area contributed by atoms with Crippen molar-refractivity contribution in [1.82, 2.24) is 5.32 Å². The molecule has 0 amide bonds. The maximum Gasteiger partial charge on any atom is 0.347 e. The van der Waals surface area contributed by atoms with E-state index in [1.165, 1.54) is 0 Å². The van der Waals surface area contributed by atoms with E-state index in [4.69, 9.17) is 10.2 Å². The fraction of sp³-hybridized carbons (Fsp3) is 0.333. The monoisotopic (exact) mass is 272 g/mol. The highest BCUT2D eigenvalue weighted by Gasteiger charge is 2.28. The number of rotatable bonds is 2. The highest BCUT2D eigenvalue weighted by atomic mass is 16.4. The minimum atomic E-state index is -0.584. The standard InChI is InChI=1S/C15H16N2O3/c1-8-10-5-4-9(16)7-12(10)20-15(19)13(8)14(18)11-3-2-6-17-11/h4-5,7,11,17H,2-3,6,16H2,1H3. The molecule has 1 aliphatic heterocycles. The maximum atomic E-state index is 12.5. The highest BCUT2D eigenvalue weighted by molar-refractivity contribution is 6.04. The van der Waals surface area contributed by atoms with Gasteiger partial charge < -0.3 is 15.5 Å². The molecule has 5 nitrogen and oxygen atoms in total. The quantitative estimate of drug-likeness (QED) is 0.493. The Morgan fingerprint density at radius 2 is 2.25 bits per heavy atom. The summed E-state index contributed by atoms with van der Waals surface area (Å²) in [4.78, 5) is 24.6. The molecule has 0 spiro atoms. The number of nitrogens with one attached hydrogen (secondary N) is 1. The number of carbonyl (C=O) groups is 1. The summed E-state index contributed by atoms with van der Waals surface area (Å²) in [6, 6.07) is 4.84. The Balaban J connectivity index is 2.18. The molecule has 2 heterocycles. The molecule has 0 radical (unpaired) electrons. The lowest BCUT2D eigenvalue weighted by molar-refractivity contribution is 0.0948. The number of nitrogens with two attached hydrogens (primary N) is 1. The van der Waals surface area contributed by atoms with Gasteiger partial charge in [-0.1, -0.05) is 0 Å². The van der Waals surface area contributed by atoms with Crippen LogP contribution in [0.25, 0.3) is 11.0 Å². The SMILES string of the molecule is Cc1c(C(=O)C2CCCN2)c(=O)oc2cc(N)ccc12. The zero-order valence-electron chi connectivity index (χ0n) is 11.2. The number of Topliss-reactive ketones (excluding diaryl/α,β-unsaturated/α-hetero) is 1. The minimum absolute atomic E-state index is 0.154. The summed E-state index contributed by atoms with van der Waals surface area (Å²) >= 11 is 0. The number of fused-ring (bicyclic) bond motifs is 1. The van der Waals surface area contributed by atoms with Gasteiger partial charge in [-0.05, 0) is 44.0 Å². The van der Waals surface area contributed by atoms with Crippen molar-refractivity contribution < 1.29 is 9.21 Å². The average Bonchev–Trinajstić information content (AvgIpc) is 2.91. The molecule has 3 N–H and O–H groups in total. The van der Waals surface area contributed by atoms with Gasteiger partial charge in [0.2, 0.25) is 0 Å². The molecule has 104 valence electrons. The van der Waals surface area contributed by atoms with E-state index in [0.29, 0.717) is 16.8 Å². The number of anilines is 1. The predicted molar refractivity (Wildman–Crippen MR) is 77.0 cm³/mol. The smallest absolute Gasteiger partial charge is 0.347 e. The van der Waals surface area contributed by atoms with Gasteiger partial charge in [-0.25, -0.2) is 4.79 Å². The molecule has 2 aromatic rings. The van der Waals surface area contributed by atoms with E-state index in [-0.39, 0.29) is 17.4 Å². The molecule has 1 aromatic carbocycles.